The fourth-order valence-corrected chi connectivity index (χ4v) is 3.74. The molecule has 2 rings (SSSR count). The largest absolute Gasteiger partial charge is 0.334 e. The van der Waals surface area contributed by atoms with Gasteiger partial charge in [0, 0.05) is 27.2 Å². The van der Waals surface area contributed by atoms with Gasteiger partial charge in [0.15, 0.2) is 0 Å². The Kier molecular flexibility index (Phi) is 5.86. The summed E-state index contributed by atoms with van der Waals surface area (Å²) < 4.78 is 1.93. The smallest absolute Gasteiger partial charge is 0.255 e. The van der Waals surface area contributed by atoms with Crippen molar-refractivity contribution < 1.29 is 4.79 Å². The van der Waals surface area contributed by atoms with E-state index in [9.17, 15) is 4.79 Å². The van der Waals surface area contributed by atoms with Gasteiger partial charge in [-0.05, 0) is 59.5 Å². The first-order valence-electron chi connectivity index (χ1n) is 7.02. The third-order valence-corrected chi connectivity index (χ3v) is 5.53. The number of rotatable bonds is 3. The third-order valence-electron chi connectivity index (χ3n) is 4.09. The first-order valence-corrected chi connectivity index (χ1v) is 8.90. The van der Waals surface area contributed by atoms with Crippen LogP contribution in [0.4, 0.5) is 0 Å². The molecule has 0 aromatic heterocycles. The molecule has 0 radical (unpaired) electrons. The first-order chi connectivity index (χ1) is 9.56. The van der Waals surface area contributed by atoms with Gasteiger partial charge in [0.1, 0.15) is 0 Å². The molecular weight excluding hydrogens is 431 g/mol. The lowest BCUT2D eigenvalue weighted by Crippen LogP contribution is -2.49. The Hall–Kier alpha value is -0.140. The molecule has 0 saturated carbocycles. The highest BCUT2D eigenvalue weighted by atomic mass is 127. The van der Waals surface area contributed by atoms with E-state index >= 15 is 0 Å². The van der Waals surface area contributed by atoms with Crippen LogP contribution in [0.3, 0.4) is 0 Å². The molecule has 3 nitrogen and oxygen atoms in total. The quantitative estimate of drug-likeness (QED) is 0.714. The molecule has 20 heavy (non-hydrogen) atoms. The van der Waals surface area contributed by atoms with Gasteiger partial charge in [0.25, 0.3) is 5.91 Å². The summed E-state index contributed by atoms with van der Waals surface area (Å²) in [6, 6.07) is 6.01. The van der Waals surface area contributed by atoms with E-state index in [0.717, 1.165) is 33.0 Å². The van der Waals surface area contributed by atoms with Crippen molar-refractivity contribution in [2.75, 3.05) is 13.1 Å². The number of piperidine rings is 1. The monoisotopic (exact) mass is 450 g/mol. The summed E-state index contributed by atoms with van der Waals surface area (Å²) in [5, 5.41) is 0. The van der Waals surface area contributed by atoms with Crippen molar-refractivity contribution >= 4 is 44.4 Å². The molecule has 1 amide bonds. The summed E-state index contributed by atoms with van der Waals surface area (Å²) >= 11 is 5.66. The highest BCUT2D eigenvalue weighted by Crippen LogP contribution is 2.28. The van der Waals surface area contributed by atoms with Crippen LogP contribution in [0.15, 0.2) is 22.7 Å². The highest BCUT2D eigenvalue weighted by molar-refractivity contribution is 14.1. The maximum atomic E-state index is 12.8. The van der Waals surface area contributed by atoms with Crippen LogP contribution in [0.25, 0.3) is 0 Å². The van der Waals surface area contributed by atoms with Crippen LogP contribution in [0.2, 0.25) is 0 Å². The molecule has 110 valence electrons. The van der Waals surface area contributed by atoms with Gasteiger partial charge in [-0.3, -0.25) is 4.79 Å². The molecule has 0 aliphatic carbocycles. The van der Waals surface area contributed by atoms with Crippen molar-refractivity contribution in [2.45, 2.75) is 32.2 Å². The second-order valence-corrected chi connectivity index (χ2v) is 7.39. The Bertz CT molecular complexity index is 495. The van der Waals surface area contributed by atoms with Gasteiger partial charge in [-0.25, -0.2) is 0 Å². The zero-order valence-corrected chi connectivity index (χ0v) is 15.4. The van der Waals surface area contributed by atoms with Gasteiger partial charge >= 0.3 is 0 Å². The number of hydrogen-bond acceptors (Lipinski definition) is 2. The van der Waals surface area contributed by atoms with E-state index < -0.39 is 0 Å². The van der Waals surface area contributed by atoms with E-state index in [-0.39, 0.29) is 11.9 Å². The molecule has 1 aliphatic heterocycles. The Labute approximate surface area is 142 Å². The molecule has 1 aromatic carbocycles. The number of nitrogens with two attached hydrogens (primary N) is 1. The number of carbonyl (C=O) groups is 1. The van der Waals surface area contributed by atoms with E-state index in [4.69, 9.17) is 5.73 Å². The number of amides is 1. The van der Waals surface area contributed by atoms with Gasteiger partial charge < -0.3 is 10.6 Å². The molecule has 2 atom stereocenters. The fraction of sp³-hybridized carbons (Fsp3) is 0.533. The Morgan fingerprint density at radius 3 is 2.95 bits per heavy atom. The molecule has 0 bridgehead atoms. The summed E-state index contributed by atoms with van der Waals surface area (Å²) in [5.41, 5.74) is 6.66. The predicted molar refractivity (Wildman–Crippen MR) is 93.8 cm³/mol. The van der Waals surface area contributed by atoms with Crippen molar-refractivity contribution in [2.24, 2.45) is 11.7 Å². The summed E-state index contributed by atoms with van der Waals surface area (Å²) in [4.78, 5) is 14.8. The van der Waals surface area contributed by atoms with E-state index in [2.05, 4.69) is 45.4 Å². The standard InChI is InChI=1S/C15H20BrIN2O/c1-2-10-5-6-19(12(7-10)9-18)15(20)13-8-11(16)3-4-14(13)17/h3-4,8,10,12H,2,5-7,9,18H2,1H3. The first kappa shape index (κ1) is 16.2. The Balaban J connectivity index is 2.21. The van der Waals surface area contributed by atoms with Crippen LogP contribution in [0.1, 0.15) is 36.5 Å². The van der Waals surface area contributed by atoms with Crippen LogP contribution in [-0.4, -0.2) is 29.9 Å². The molecule has 1 aromatic rings. The van der Waals surface area contributed by atoms with Crippen LogP contribution < -0.4 is 5.73 Å². The lowest BCUT2D eigenvalue weighted by molar-refractivity contribution is 0.0557. The maximum absolute atomic E-state index is 12.8. The zero-order valence-electron chi connectivity index (χ0n) is 11.6. The van der Waals surface area contributed by atoms with Gasteiger partial charge in [-0.1, -0.05) is 29.3 Å². The summed E-state index contributed by atoms with van der Waals surface area (Å²) in [5.74, 6) is 0.815. The van der Waals surface area contributed by atoms with E-state index in [0.29, 0.717) is 12.5 Å². The summed E-state index contributed by atoms with van der Waals surface area (Å²) in [7, 11) is 0. The van der Waals surface area contributed by atoms with Crippen LogP contribution >= 0.6 is 38.5 Å². The van der Waals surface area contributed by atoms with Crippen molar-refractivity contribution in [3.05, 3.63) is 31.8 Å². The molecule has 0 spiro atoms. The third kappa shape index (κ3) is 3.54. The molecule has 1 saturated heterocycles. The van der Waals surface area contributed by atoms with Crippen LogP contribution in [0.5, 0.6) is 0 Å². The molecule has 2 N–H and O–H groups in total. The average Bonchev–Trinajstić information content (AvgIpc) is 2.48. The molecule has 2 unspecified atom stereocenters. The lowest BCUT2D eigenvalue weighted by Gasteiger charge is -2.39. The summed E-state index contributed by atoms with van der Waals surface area (Å²) in [6.45, 7) is 3.58. The Morgan fingerprint density at radius 1 is 1.55 bits per heavy atom. The highest BCUT2D eigenvalue weighted by Gasteiger charge is 2.31. The molecular formula is C15H20BrIN2O. The zero-order chi connectivity index (χ0) is 14.7. The van der Waals surface area contributed by atoms with Gasteiger partial charge in [0.05, 0.1) is 5.56 Å². The van der Waals surface area contributed by atoms with E-state index in [1.165, 1.54) is 6.42 Å². The van der Waals surface area contributed by atoms with Crippen molar-refractivity contribution in [3.8, 4) is 0 Å². The molecule has 1 fully saturated rings. The van der Waals surface area contributed by atoms with Crippen LogP contribution in [-0.2, 0) is 0 Å². The van der Waals surface area contributed by atoms with E-state index in [1.54, 1.807) is 0 Å². The average molecular weight is 451 g/mol. The van der Waals surface area contributed by atoms with Crippen molar-refractivity contribution in [3.63, 3.8) is 0 Å². The van der Waals surface area contributed by atoms with Crippen molar-refractivity contribution in [1.82, 2.24) is 4.90 Å². The number of likely N-dealkylation sites (tertiary alicyclic amines) is 1. The van der Waals surface area contributed by atoms with Gasteiger partial charge in [0.2, 0.25) is 0 Å². The number of nitrogens with zero attached hydrogens (tertiary/aromatic N) is 1. The number of halogens is 2. The lowest BCUT2D eigenvalue weighted by atomic mass is 9.88. The second-order valence-electron chi connectivity index (χ2n) is 5.31. The Morgan fingerprint density at radius 2 is 2.30 bits per heavy atom. The number of benzene rings is 1. The predicted octanol–water partition coefficient (Wildman–Crippen LogP) is 3.64. The fourth-order valence-electron chi connectivity index (χ4n) is 2.81. The molecule has 5 heteroatoms. The van der Waals surface area contributed by atoms with Crippen LogP contribution in [0, 0.1) is 9.49 Å². The maximum Gasteiger partial charge on any atom is 0.255 e. The van der Waals surface area contributed by atoms with E-state index in [1.807, 2.05) is 23.1 Å². The molecule has 1 heterocycles. The minimum Gasteiger partial charge on any atom is -0.334 e. The molecule has 1 aliphatic rings. The normalized spacial score (nSPS) is 22.9. The summed E-state index contributed by atoms with van der Waals surface area (Å²) in [6.07, 6.45) is 3.29. The minimum atomic E-state index is 0.112. The number of hydrogen-bond donors (Lipinski definition) is 1. The van der Waals surface area contributed by atoms with Crippen molar-refractivity contribution in [1.29, 1.82) is 0 Å². The minimum absolute atomic E-state index is 0.112. The SMILES string of the molecule is CCC1CCN(C(=O)c2cc(Br)ccc2I)C(CN)C1. The second kappa shape index (κ2) is 7.22. The topological polar surface area (TPSA) is 46.3 Å². The van der Waals surface area contributed by atoms with Gasteiger partial charge in [-0.2, -0.15) is 0 Å². The number of carbonyl (C=O) groups excluding carboxylic acids is 1. The van der Waals surface area contributed by atoms with Gasteiger partial charge in [-0.15, -0.1) is 0 Å².